The third-order valence-corrected chi connectivity index (χ3v) is 15.0. The number of aryl methyl sites for hydroxylation is 2. The Kier molecular flexibility index (Phi) is 18.7. The number of nitrogens with zero attached hydrogens (tertiary/aromatic N) is 3. The predicted molar refractivity (Wildman–Crippen MR) is 283 cm³/mol. The van der Waals surface area contributed by atoms with E-state index in [1.807, 2.05) is 128 Å². The van der Waals surface area contributed by atoms with Crippen LogP contribution in [0.5, 0.6) is 5.75 Å². The van der Waals surface area contributed by atoms with Crippen LogP contribution in [-0.4, -0.2) is 139 Å². The predicted octanol–water partition coefficient (Wildman–Crippen LogP) is 8.02. The second-order valence-corrected chi connectivity index (χ2v) is 22.5. The van der Waals surface area contributed by atoms with Crippen LogP contribution in [0.25, 0.3) is 27.1 Å². The number of benzene rings is 3. The number of ether oxygens (including phenoxy) is 4. The van der Waals surface area contributed by atoms with Gasteiger partial charge in [-0.25, -0.2) is 4.98 Å². The number of aromatic nitrogens is 1. The van der Waals surface area contributed by atoms with E-state index in [0.29, 0.717) is 38.2 Å². The molecule has 0 unspecified atom stereocenters. The van der Waals surface area contributed by atoms with E-state index in [4.69, 9.17) is 18.9 Å². The van der Waals surface area contributed by atoms with Crippen molar-refractivity contribution in [3.8, 4) is 27.3 Å². The number of likely N-dealkylation sites (tertiary alicyclic amines) is 2. The molecule has 0 saturated carbocycles. The number of aliphatic hydroxyl groups is 2. The van der Waals surface area contributed by atoms with Gasteiger partial charge >= 0.3 is 0 Å². The second kappa shape index (κ2) is 24.7. The van der Waals surface area contributed by atoms with Gasteiger partial charge in [-0.3, -0.25) is 19.2 Å². The van der Waals surface area contributed by atoms with Crippen LogP contribution in [0.3, 0.4) is 0 Å². The van der Waals surface area contributed by atoms with Gasteiger partial charge in [0.05, 0.1) is 66.8 Å². The number of hydrogen-bond acceptors (Lipinski definition) is 13. The molecule has 0 radical (unpaired) electrons. The van der Waals surface area contributed by atoms with E-state index in [-0.39, 0.29) is 67.8 Å². The zero-order valence-corrected chi connectivity index (χ0v) is 44.6. The molecule has 3 aliphatic rings. The Bertz CT molecular complexity index is 2560. The topological polar surface area (TPSA) is 189 Å². The van der Waals surface area contributed by atoms with E-state index >= 15 is 0 Å². The summed E-state index contributed by atoms with van der Waals surface area (Å²) in [7, 11) is 0. The maximum Gasteiger partial charge on any atom is 0.246 e. The molecule has 7 rings (SSSR count). The van der Waals surface area contributed by atoms with Crippen LogP contribution < -0.4 is 15.4 Å². The Hall–Kier alpha value is -5.49. The van der Waals surface area contributed by atoms with Crippen molar-refractivity contribution < 1.29 is 48.3 Å². The minimum absolute atomic E-state index is 0.0132. The van der Waals surface area contributed by atoms with Gasteiger partial charge in [-0.2, -0.15) is 0 Å². The van der Waals surface area contributed by atoms with Crippen LogP contribution in [0.15, 0.2) is 78.0 Å². The number of thiazole rings is 1. The van der Waals surface area contributed by atoms with Crippen LogP contribution in [0.2, 0.25) is 0 Å². The lowest BCUT2D eigenvalue weighted by atomic mass is 9.74. The fourth-order valence-corrected chi connectivity index (χ4v) is 10.7. The zero-order chi connectivity index (χ0) is 52.5. The zero-order valence-electron chi connectivity index (χ0n) is 43.8. The van der Waals surface area contributed by atoms with Crippen molar-refractivity contribution in [3.05, 3.63) is 100 Å². The first-order valence-corrected chi connectivity index (χ1v) is 26.5. The van der Waals surface area contributed by atoms with E-state index in [1.165, 1.54) is 4.90 Å². The Morgan fingerprint density at radius 1 is 0.863 bits per heavy atom. The highest BCUT2D eigenvalue weighted by molar-refractivity contribution is 7.13. The minimum atomic E-state index is -0.964. The molecule has 3 amide bonds. The van der Waals surface area contributed by atoms with Crippen molar-refractivity contribution >= 4 is 40.4 Å². The van der Waals surface area contributed by atoms with Crippen LogP contribution >= 0.6 is 11.3 Å². The maximum absolute atomic E-state index is 14.0. The number of ketones is 1. The van der Waals surface area contributed by atoms with Gasteiger partial charge in [-0.1, -0.05) is 83.1 Å². The largest absolute Gasteiger partial charge is 0.512 e. The SMILES string of the molecule is Cc1ccc(-c2ccc(OC3CCN(CCOCCOCCOCC(=O)N[C@H](C(=O)N4C[C@H](O)C[C@H]4C(=O)N[C@@H](C)c4ccc(-c5scnc5C)cc4)C(C)(C)C)CC3)cc2)cc1C1=C(O)CC(C)(C)CC1=O. The molecule has 3 heterocycles. The van der Waals surface area contributed by atoms with E-state index in [1.54, 1.807) is 11.3 Å². The number of Topliss-reactive ketones (excluding diaryl/α,β-unsaturated/α-hetero) is 1. The van der Waals surface area contributed by atoms with Crippen molar-refractivity contribution in [2.45, 2.75) is 118 Å². The third-order valence-electron chi connectivity index (χ3n) is 14.0. The molecule has 73 heavy (non-hydrogen) atoms. The summed E-state index contributed by atoms with van der Waals surface area (Å²) in [5, 5.41) is 27.3. The molecule has 16 heteroatoms. The second-order valence-electron chi connectivity index (χ2n) is 21.6. The van der Waals surface area contributed by atoms with Crippen molar-refractivity contribution in [2.75, 3.05) is 65.8 Å². The van der Waals surface area contributed by atoms with Gasteiger partial charge in [0.25, 0.3) is 0 Å². The summed E-state index contributed by atoms with van der Waals surface area (Å²) in [6.45, 7) is 19.5. The Balaban J connectivity index is 0.748. The monoisotopic (exact) mass is 1020 g/mol. The maximum atomic E-state index is 14.0. The fraction of sp³-hybridized carbons (Fsp3) is 0.526. The number of aliphatic hydroxyl groups excluding tert-OH is 2. The van der Waals surface area contributed by atoms with Crippen molar-refractivity contribution in [3.63, 3.8) is 0 Å². The highest BCUT2D eigenvalue weighted by Gasteiger charge is 2.45. The van der Waals surface area contributed by atoms with Crippen LogP contribution in [-0.2, 0) is 33.4 Å². The van der Waals surface area contributed by atoms with Crippen LogP contribution in [0.1, 0.15) is 102 Å². The van der Waals surface area contributed by atoms with E-state index < -0.39 is 35.4 Å². The molecule has 0 spiro atoms. The Morgan fingerprint density at radius 3 is 2.15 bits per heavy atom. The summed E-state index contributed by atoms with van der Waals surface area (Å²) < 4.78 is 23.4. The molecule has 2 aliphatic heterocycles. The van der Waals surface area contributed by atoms with Gasteiger partial charge < -0.3 is 49.6 Å². The van der Waals surface area contributed by atoms with Crippen LogP contribution in [0.4, 0.5) is 0 Å². The Labute approximate surface area is 434 Å². The first-order chi connectivity index (χ1) is 34.8. The molecule has 394 valence electrons. The first-order valence-electron chi connectivity index (χ1n) is 25.6. The average molecular weight is 1020 g/mol. The minimum Gasteiger partial charge on any atom is -0.512 e. The van der Waals surface area contributed by atoms with Gasteiger partial charge in [0, 0.05) is 45.4 Å². The summed E-state index contributed by atoms with van der Waals surface area (Å²) in [6, 6.07) is 19.9. The highest BCUT2D eigenvalue weighted by atomic mass is 32.1. The normalized spacial score (nSPS) is 19.5. The third kappa shape index (κ3) is 14.9. The van der Waals surface area contributed by atoms with Gasteiger partial charge in [-0.05, 0) is 96.0 Å². The standard InChI is InChI=1S/C57H75N5O10S/c1-36-9-10-42(29-46(36)51-48(64)31-57(7,8)32-49(51)65)40-15-17-44(18-16-40)72-45-19-21-61(22-20-45)23-24-69-25-26-70-27-28-71-34-50(66)60-53(56(4,5)6)55(68)62-33-43(63)30-47(62)54(67)59-37(2)39-11-13-41(14-12-39)52-38(3)58-35-73-52/h9-18,29,35,37,43,45,47,53,63-64H,19-28,30-34H2,1-8H3,(H,59,67)(H,60,66)/t37-,43+,47-,53+/m0/s1. The van der Waals surface area contributed by atoms with E-state index in [9.17, 15) is 29.4 Å². The van der Waals surface area contributed by atoms with Gasteiger partial charge in [0.1, 0.15) is 36.3 Å². The number of nitrogens with one attached hydrogen (secondary N) is 2. The molecule has 4 N–H and O–H groups in total. The molecular formula is C57H75N5O10S. The number of allylic oxidation sites excluding steroid dienone is 2. The number of hydrogen-bond donors (Lipinski definition) is 4. The first kappa shape index (κ1) is 55.3. The molecule has 4 atom stereocenters. The molecule has 2 fully saturated rings. The fourth-order valence-electron chi connectivity index (χ4n) is 9.85. The lowest BCUT2D eigenvalue weighted by molar-refractivity contribution is -0.144. The van der Waals surface area contributed by atoms with Gasteiger partial charge in [0.15, 0.2) is 5.78 Å². The number of rotatable bonds is 21. The lowest BCUT2D eigenvalue weighted by Crippen LogP contribution is -2.58. The number of piperidine rings is 1. The molecule has 1 aromatic heterocycles. The average Bonchev–Trinajstić information content (AvgIpc) is 3.96. The number of carbonyl (C=O) groups is 4. The molecule has 2 saturated heterocycles. The van der Waals surface area contributed by atoms with E-state index in [0.717, 1.165) is 82.2 Å². The molecule has 0 bridgehead atoms. The molecule has 1 aliphatic carbocycles. The lowest BCUT2D eigenvalue weighted by Gasteiger charge is -2.35. The quantitative estimate of drug-likeness (QED) is 0.0590. The molecule has 3 aromatic carbocycles. The van der Waals surface area contributed by atoms with Gasteiger partial charge in [0.2, 0.25) is 17.7 Å². The summed E-state index contributed by atoms with van der Waals surface area (Å²) in [5.41, 5.74) is 7.98. The van der Waals surface area contributed by atoms with Crippen molar-refractivity contribution in [1.29, 1.82) is 0 Å². The number of β-amino-alcohol motifs (C(OH)–C–C–N with tert-alkyl or cyclic N) is 1. The molecule has 15 nitrogen and oxygen atoms in total. The summed E-state index contributed by atoms with van der Waals surface area (Å²) in [5.74, 6) is -0.296. The van der Waals surface area contributed by atoms with Crippen molar-refractivity contribution in [2.24, 2.45) is 10.8 Å². The summed E-state index contributed by atoms with van der Waals surface area (Å²) in [4.78, 5) is 63.0. The highest BCUT2D eigenvalue weighted by Crippen LogP contribution is 2.41. The smallest absolute Gasteiger partial charge is 0.246 e. The van der Waals surface area contributed by atoms with Crippen LogP contribution in [0, 0.1) is 24.7 Å². The summed E-state index contributed by atoms with van der Waals surface area (Å²) in [6.07, 6.45) is 2.06. The van der Waals surface area contributed by atoms with E-state index in [2.05, 4.69) is 20.5 Å². The molecular weight excluding hydrogens is 947 g/mol. The summed E-state index contributed by atoms with van der Waals surface area (Å²) >= 11 is 1.57. The van der Waals surface area contributed by atoms with Gasteiger partial charge in [-0.15, -0.1) is 11.3 Å². The number of amides is 3. The number of carbonyl (C=O) groups excluding carboxylic acids is 4. The molecule has 4 aromatic rings. The van der Waals surface area contributed by atoms with Crippen molar-refractivity contribution in [1.82, 2.24) is 25.4 Å². The Morgan fingerprint density at radius 2 is 1.51 bits per heavy atom.